The van der Waals surface area contributed by atoms with Crippen LogP contribution in [0.5, 0.6) is 0 Å². The molecule has 0 unspecified atom stereocenters. The Morgan fingerprint density at radius 1 is 1.57 bits per heavy atom. The Balaban J connectivity index is 2.58. The van der Waals surface area contributed by atoms with Crippen molar-refractivity contribution in [1.82, 2.24) is 10.2 Å². The smallest absolute Gasteiger partial charge is 0.264 e. The van der Waals surface area contributed by atoms with Crippen molar-refractivity contribution in [3.05, 3.63) is 39.5 Å². The fourth-order valence-corrected chi connectivity index (χ4v) is 1.97. The molecule has 5 heteroatoms. The van der Waals surface area contributed by atoms with Crippen LogP contribution in [0.15, 0.2) is 28.4 Å². The summed E-state index contributed by atoms with van der Waals surface area (Å²) < 4.78 is 0. The molecule has 2 heterocycles. The predicted molar refractivity (Wildman–Crippen MR) is 56.1 cm³/mol. The molecule has 2 aromatic heterocycles. The van der Waals surface area contributed by atoms with Gasteiger partial charge >= 0.3 is 0 Å². The van der Waals surface area contributed by atoms with Gasteiger partial charge in [0.05, 0.1) is 4.88 Å². The molecule has 4 nitrogen and oxygen atoms in total. The minimum Gasteiger partial charge on any atom is -0.326 e. The Kier molecular flexibility index (Phi) is 2.43. The average molecular weight is 207 g/mol. The second-order valence-electron chi connectivity index (χ2n) is 2.79. The molecule has 14 heavy (non-hydrogen) atoms. The van der Waals surface area contributed by atoms with Crippen LogP contribution >= 0.6 is 11.3 Å². The SMILES string of the molecule is NCc1cc(=O)[nH]nc1-c1cccs1. The zero-order chi connectivity index (χ0) is 9.97. The zero-order valence-corrected chi connectivity index (χ0v) is 8.17. The number of thiophene rings is 1. The number of aromatic amines is 1. The molecule has 0 aromatic carbocycles. The van der Waals surface area contributed by atoms with Crippen molar-refractivity contribution in [2.45, 2.75) is 6.54 Å². The number of nitrogens with one attached hydrogen (secondary N) is 1. The lowest BCUT2D eigenvalue weighted by atomic mass is 10.2. The summed E-state index contributed by atoms with van der Waals surface area (Å²) in [6.45, 7) is 0.324. The maximum atomic E-state index is 11.0. The van der Waals surface area contributed by atoms with Crippen molar-refractivity contribution in [3.63, 3.8) is 0 Å². The molecular weight excluding hydrogens is 198 g/mol. The van der Waals surface area contributed by atoms with Gasteiger partial charge in [-0.25, -0.2) is 5.10 Å². The fourth-order valence-electron chi connectivity index (χ4n) is 1.22. The molecule has 0 atom stereocenters. The quantitative estimate of drug-likeness (QED) is 0.770. The van der Waals surface area contributed by atoms with E-state index < -0.39 is 0 Å². The van der Waals surface area contributed by atoms with E-state index in [0.717, 1.165) is 16.1 Å². The number of nitrogens with two attached hydrogens (primary N) is 1. The third kappa shape index (κ3) is 1.59. The molecule has 0 spiro atoms. The molecule has 0 aliphatic carbocycles. The lowest BCUT2D eigenvalue weighted by Gasteiger charge is -2.01. The van der Waals surface area contributed by atoms with Gasteiger partial charge in [0.2, 0.25) is 0 Å². The standard InChI is InChI=1S/C9H9N3OS/c10-5-6-4-8(13)11-12-9(6)7-2-1-3-14-7/h1-4H,5,10H2,(H,11,13). The van der Waals surface area contributed by atoms with E-state index in [1.807, 2.05) is 17.5 Å². The Morgan fingerprint density at radius 3 is 3.07 bits per heavy atom. The predicted octanol–water partition coefficient (Wildman–Crippen LogP) is 0.957. The molecule has 72 valence electrons. The number of rotatable bonds is 2. The third-order valence-electron chi connectivity index (χ3n) is 1.86. The molecule has 0 aliphatic heterocycles. The molecule has 0 saturated heterocycles. The van der Waals surface area contributed by atoms with E-state index in [2.05, 4.69) is 10.2 Å². The van der Waals surface area contributed by atoms with Gasteiger partial charge in [0.25, 0.3) is 5.56 Å². The highest BCUT2D eigenvalue weighted by Crippen LogP contribution is 2.24. The molecule has 0 radical (unpaired) electrons. The number of H-pyrrole nitrogens is 1. The van der Waals surface area contributed by atoms with Crippen molar-refractivity contribution in [3.8, 4) is 10.6 Å². The summed E-state index contributed by atoms with van der Waals surface area (Å²) in [5.41, 5.74) is 6.86. The van der Waals surface area contributed by atoms with Crippen molar-refractivity contribution in [2.75, 3.05) is 0 Å². The van der Waals surface area contributed by atoms with Crippen LogP contribution in [0, 0.1) is 0 Å². The third-order valence-corrected chi connectivity index (χ3v) is 2.74. The monoisotopic (exact) mass is 207 g/mol. The first-order valence-electron chi connectivity index (χ1n) is 4.14. The van der Waals surface area contributed by atoms with Gasteiger partial charge in [-0.3, -0.25) is 4.79 Å². The molecule has 0 bridgehead atoms. The number of aromatic nitrogens is 2. The lowest BCUT2D eigenvalue weighted by Crippen LogP contribution is -2.12. The van der Waals surface area contributed by atoms with Crippen molar-refractivity contribution >= 4 is 11.3 Å². The lowest BCUT2D eigenvalue weighted by molar-refractivity contribution is 0.947. The Hall–Kier alpha value is -1.46. The van der Waals surface area contributed by atoms with Crippen molar-refractivity contribution < 1.29 is 0 Å². The van der Waals surface area contributed by atoms with E-state index in [0.29, 0.717) is 6.54 Å². The first-order chi connectivity index (χ1) is 6.81. The summed E-state index contributed by atoms with van der Waals surface area (Å²) in [5.74, 6) is 0. The highest BCUT2D eigenvalue weighted by atomic mass is 32.1. The molecule has 2 rings (SSSR count). The summed E-state index contributed by atoms with van der Waals surface area (Å²) in [7, 11) is 0. The molecule has 3 N–H and O–H groups in total. The topological polar surface area (TPSA) is 71.8 Å². The van der Waals surface area contributed by atoms with Gasteiger partial charge < -0.3 is 5.73 Å². The van der Waals surface area contributed by atoms with E-state index in [9.17, 15) is 4.79 Å². The van der Waals surface area contributed by atoms with Crippen LogP contribution in [0.4, 0.5) is 0 Å². The highest BCUT2D eigenvalue weighted by molar-refractivity contribution is 7.13. The first-order valence-corrected chi connectivity index (χ1v) is 5.02. The van der Waals surface area contributed by atoms with Gasteiger partial charge in [-0.2, -0.15) is 5.10 Å². The van der Waals surface area contributed by atoms with Crippen molar-refractivity contribution in [1.29, 1.82) is 0 Å². The normalized spacial score (nSPS) is 10.4. The first kappa shape index (κ1) is 9.11. The van der Waals surface area contributed by atoms with Crippen molar-refractivity contribution in [2.24, 2.45) is 5.73 Å². The van der Waals surface area contributed by atoms with E-state index >= 15 is 0 Å². The second kappa shape index (κ2) is 3.73. The fraction of sp³-hybridized carbons (Fsp3) is 0.111. The minimum atomic E-state index is -0.217. The van der Waals surface area contributed by atoms with E-state index in [-0.39, 0.29) is 5.56 Å². The van der Waals surface area contributed by atoms with Crippen LogP contribution in [0.1, 0.15) is 5.56 Å². The summed E-state index contributed by atoms with van der Waals surface area (Å²) in [4.78, 5) is 12.0. The molecular formula is C9H9N3OS. The molecule has 0 fully saturated rings. The van der Waals surface area contributed by atoms with Crippen LogP contribution < -0.4 is 11.3 Å². The van der Waals surface area contributed by atoms with Gasteiger partial charge in [0.15, 0.2) is 0 Å². The van der Waals surface area contributed by atoms with Crippen LogP contribution in [0.3, 0.4) is 0 Å². The van der Waals surface area contributed by atoms with E-state index in [4.69, 9.17) is 5.73 Å². The molecule has 0 aliphatic rings. The Labute approximate surface area is 84.4 Å². The number of hydrogen-bond acceptors (Lipinski definition) is 4. The summed E-state index contributed by atoms with van der Waals surface area (Å²) in [6, 6.07) is 5.37. The van der Waals surface area contributed by atoms with Gasteiger partial charge in [0, 0.05) is 18.2 Å². The van der Waals surface area contributed by atoms with Gasteiger partial charge in [-0.05, 0) is 11.4 Å². The Bertz CT molecular complexity index is 475. The summed E-state index contributed by atoms with van der Waals surface area (Å²) in [6.07, 6.45) is 0. The van der Waals surface area contributed by atoms with Crippen LogP contribution in [-0.2, 0) is 6.54 Å². The minimum absolute atomic E-state index is 0.217. The zero-order valence-electron chi connectivity index (χ0n) is 7.36. The van der Waals surface area contributed by atoms with Crippen LogP contribution in [0.25, 0.3) is 10.6 Å². The Morgan fingerprint density at radius 2 is 2.43 bits per heavy atom. The summed E-state index contributed by atoms with van der Waals surface area (Å²) in [5, 5.41) is 8.35. The molecule has 2 aromatic rings. The summed E-state index contributed by atoms with van der Waals surface area (Å²) >= 11 is 1.57. The van der Waals surface area contributed by atoms with Gasteiger partial charge in [-0.1, -0.05) is 6.07 Å². The largest absolute Gasteiger partial charge is 0.326 e. The van der Waals surface area contributed by atoms with Gasteiger partial charge in [-0.15, -0.1) is 11.3 Å². The van der Waals surface area contributed by atoms with Crippen LogP contribution in [-0.4, -0.2) is 10.2 Å². The van der Waals surface area contributed by atoms with E-state index in [1.54, 1.807) is 11.3 Å². The molecule has 0 saturated carbocycles. The maximum absolute atomic E-state index is 11.0. The van der Waals surface area contributed by atoms with E-state index in [1.165, 1.54) is 6.07 Å². The van der Waals surface area contributed by atoms with Crippen LogP contribution in [0.2, 0.25) is 0 Å². The maximum Gasteiger partial charge on any atom is 0.264 e. The molecule has 0 amide bonds. The number of nitrogens with zero attached hydrogens (tertiary/aromatic N) is 1. The van der Waals surface area contributed by atoms with Gasteiger partial charge in [0.1, 0.15) is 5.69 Å². The average Bonchev–Trinajstić information content (AvgIpc) is 2.70. The number of hydrogen-bond donors (Lipinski definition) is 2. The highest BCUT2D eigenvalue weighted by Gasteiger charge is 2.06. The second-order valence-corrected chi connectivity index (χ2v) is 3.74.